The molecule has 0 radical (unpaired) electrons. The van der Waals surface area contributed by atoms with Gasteiger partial charge in [-0.25, -0.2) is 9.97 Å². The molecule has 29 heavy (non-hydrogen) atoms. The van der Waals surface area contributed by atoms with Gasteiger partial charge in [0, 0.05) is 24.3 Å². The fraction of sp³-hybridized carbons (Fsp3) is 0.333. The largest absolute Gasteiger partial charge is 0.507 e. The fourth-order valence-corrected chi connectivity index (χ4v) is 3.60. The van der Waals surface area contributed by atoms with Crippen LogP contribution in [-0.4, -0.2) is 63.7 Å². The Hall–Kier alpha value is -2.77. The first-order valence-corrected chi connectivity index (χ1v) is 9.57. The highest BCUT2D eigenvalue weighted by molar-refractivity contribution is 6.46. The fourth-order valence-electron chi connectivity index (χ4n) is 3.40. The van der Waals surface area contributed by atoms with Crippen molar-refractivity contribution < 1.29 is 14.7 Å². The molecule has 1 aliphatic heterocycles. The van der Waals surface area contributed by atoms with Gasteiger partial charge in [0.15, 0.2) is 0 Å². The Kier molecular flexibility index (Phi) is 6.00. The number of hydrogen-bond acceptors (Lipinski definition) is 6. The van der Waals surface area contributed by atoms with E-state index in [1.807, 2.05) is 19.0 Å². The van der Waals surface area contributed by atoms with E-state index in [4.69, 9.17) is 11.6 Å². The Bertz CT molecular complexity index is 1000. The number of carbonyl (C=O) groups is 2. The lowest BCUT2D eigenvalue weighted by molar-refractivity contribution is -0.140. The van der Waals surface area contributed by atoms with Gasteiger partial charge < -0.3 is 14.9 Å². The molecule has 1 amide bonds. The van der Waals surface area contributed by atoms with Gasteiger partial charge in [0.1, 0.15) is 11.6 Å². The van der Waals surface area contributed by atoms with E-state index < -0.39 is 17.7 Å². The number of amides is 1. The molecule has 7 nitrogen and oxygen atoms in total. The molecule has 2 heterocycles. The Morgan fingerprint density at radius 1 is 1.28 bits per heavy atom. The van der Waals surface area contributed by atoms with Crippen LogP contribution in [0.1, 0.15) is 28.7 Å². The molecule has 1 saturated heterocycles. The van der Waals surface area contributed by atoms with Gasteiger partial charge in [0.2, 0.25) is 0 Å². The average molecular weight is 415 g/mol. The summed E-state index contributed by atoms with van der Waals surface area (Å²) in [5.41, 5.74) is 1.53. The number of likely N-dealkylation sites (tertiary alicyclic amines) is 1. The van der Waals surface area contributed by atoms with Crippen LogP contribution in [0.3, 0.4) is 0 Å². The second-order valence-electron chi connectivity index (χ2n) is 7.27. The molecule has 2 aromatic rings. The van der Waals surface area contributed by atoms with Crippen LogP contribution in [0.15, 0.2) is 36.0 Å². The lowest BCUT2D eigenvalue weighted by Gasteiger charge is -2.26. The number of aliphatic hydroxyl groups excluding tert-OH is 1. The Labute approximate surface area is 174 Å². The first-order valence-electron chi connectivity index (χ1n) is 9.20. The summed E-state index contributed by atoms with van der Waals surface area (Å²) >= 11 is 6.16. The Balaban J connectivity index is 2.19. The third-order valence-electron chi connectivity index (χ3n) is 4.85. The molecule has 1 aromatic heterocycles. The minimum atomic E-state index is -0.741. The molecule has 0 spiro atoms. The standard InChI is InChI=1S/C21H23ClN4O3/c1-12-16(11-23-13(2)24-12)19(27)17-18(14-6-5-7-15(22)10-14)26(9-8-25(3)4)21(29)20(17)28/h5-7,10-11,18,27H,8-9H2,1-4H3/b19-17+/t18-/m0/s1. The molecular formula is C21H23ClN4O3. The molecule has 8 heteroatoms. The van der Waals surface area contributed by atoms with Crippen LogP contribution in [0.25, 0.3) is 5.76 Å². The normalized spacial score (nSPS) is 18.7. The van der Waals surface area contributed by atoms with Crippen LogP contribution in [0, 0.1) is 13.8 Å². The van der Waals surface area contributed by atoms with Crippen LogP contribution in [0.2, 0.25) is 5.02 Å². The SMILES string of the molecule is Cc1ncc(/C(O)=C2\C(=O)C(=O)N(CCN(C)C)[C@H]2c2cccc(Cl)c2)c(C)n1. The number of halogens is 1. The van der Waals surface area contributed by atoms with E-state index in [-0.39, 0.29) is 11.3 Å². The number of Topliss-reactive ketones (excluding diaryl/α,β-unsaturated/α-hetero) is 1. The number of benzene rings is 1. The zero-order valence-electron chi connectivity index (χ0n) is 16.8. The number of carbonyl (C=O) groups excluding carboxylic acids is 2. The first-order chi connectivity index (χ1) is 13.7. The number of likely N-dealkylation sites (N-methyl/N-ethyl adjacent to an activating group) is 1. The highest BCUT2D eigenvalue weighted by atomic mass is 35.5. The second kappa shape index (κ2) is 8.31. The summed E-state index contributed by atoms with van der Waals surface area (Å²) in [6.07, 6.45) is 1.47. The van der Waals surface area contributed by atoms with Crippen LogP contribution in [0.5, 0.6) is 0 Å². The van der Waals surface area contributed by atoms with E-state index in [0.717, 1.165) is 0 Å². The van der Waals surface area contributed by atoms with Gasteiger partial charge >= 0.3 is 0 Å². The summed E-state index contributed by atoms with van der Waals surface area (Å²) in [6, 6.07) is 6.22. The minimum absolute atomic E-state index is 0.0200. The highest BCUT2D eigenvalue weighted by Crippen LogP contribution is 2.40. The van der Waals surface area contributed by atoms with Crippen molar-refractivity contribution in [1.82, 2.24) is 19.8 Å². The molecule has 0 aliphatic carbocycles. The summed E-state index contributed by atoms with van der Waals surface area (Å²) in [5.74, 6) is -1.11. The zero-order valence-corrected chi connectivity index (χ0v) is 17.6. The maximum atomic E-state index is 12.9. The molecule has 1 fully saturated rings. The van der Waals surface area contributed by atoms with Gasteiger partial charge in [-0.3, -0.25) is 9.59 Å². The van der Waals surface area contributed by atoms with Crippen molar-refractivity contribution >= 4 is 29.1 Å². The molecule has 152 valence electrons. The predicted octanol–water partition coefficient (Wildman–Crippen LogP) is 2.73. The topological polar surface area (TPSA) is 86.6 Å². The van der Waals surface area contributed by atoms with Crippen LogP contribution in [0.4, 0.5) is 0 Å². The maximum absolute atomic E-state index is 12.9. The van der Waals surface area contributed by atoms with E-state index in [1.54, 1.807) is 38.1 Å². The van der Waals surface area contributed by atoms with Crippen molar-refractivity contribution in [2.45, 2.75) is 19.9 Å². The van der Waals surface area contributed by atoms with Crippen molar-refractivity contribution in [1.29, 1.82) is 0 Å². The molecular weight excluding hydrogens is 392 g/mol. The smallest absolute Gasteiger partial charge is 0.295 e. The molecule has 1 aromatic carbocycles. The first kappa shape index (κ1) is 21.0. The molecule has 0 bridgehead atoms. The van der Waals surface area contributed by atoms with Gasteiger partial charge in [0.25, 0.3) is 11.7 Å². The number of hydrogen-bond donors (Lipinski definition) is 1. The Morgan fingerprint density at radius 2 is 2.00 bits per heavy atom. The third kappa shape index (κ3) is 4.16. The van der Waals surface area contributed by atoms with Crippen molar-refractivity contribution in [3.63, 3.8) is 0 Å². The van der Waals surface area contributed by atoms with E-state index in [9.17, 15) is 14.7 Å². The van der Waals surface area contributed by atoms with Gasteiger partial charge in [-0.05, 0) is 45.6 Å². The molecule has 1 atom stereocenters. The lowest BCUT2D eigenvalue weighted by Crippen LogP contribution is -2.35. The van der Waals surface area contributed by atoms with Gasteiger partial charge in [-0.1, -0.05) is 23.7 Å². The third-order valence-corrected chi connectivity index (χ3v) is 5.08. The number of nitrogens with zero attached hydrogens (tertiary/aromatic N) is 4. The van der Waals surface area contributed by atoms with Gasteiger partial charge in [-0.2, -0.15) is 0 Å². The number of aryl methyl sites for hydroxylation is 2. The van der Waals surface area contributed by atoms with Crippen molar-refractivity contribution in [3.05, 3.63) is 63.7 Å². The van der Waals surface area contributed by atoms with E-state index in [1.165, 1.54) is 11.1 Å². The van der Waals surface area contributed by atoms with Gasteiger partial charge in [-0.15, -0.1) is 0 Å². The van der Waals surface area contributed by atoms with Gasteiger partial charge in [0.05, 0.1) is 22.9 Å². The summed E-state index contributed by atoms with van der Waals surface area (Å²) in [7, 11) is 3.77. The quantitative estimate of drug-likeness (QED) is 0.460. The van der Waals surface area contributed by atoms with Crippen molar-refractivity contribution in [2.75, 3.05) is 27.2 Å². The number of aliphatic hydroxyl groups is 1. The summed E-state index contributed by atoms with van der Waals surface area (Å²) in [4.78, 5) is 37.5. The van der Waals surface area contributed by atoms with Crippen LogP contribution >= 0.6 is 11.6 Å². The average Bonchev–Trinajstić information content (AvgIpc) is 2.90. The predicted molar refractivity (Wildman–Crippen MR) is 111 cm³/mol. The second-order valence-corrected chi connectivity index (χ2v) is 7.70. The molecule has 0 saturated carbocycles. The summed E-state index contributed by atoms with van der Waals surface area (Å²) in [6.45, 7) is 4.36. The molecule has 0 unspecified atom stereocenters. The maximum Gasteiger partial charge on any atom is 0.295 e. The van der Waals surface area contributed by atoms with E-state index in [2.05, 4.69) is 9.97 Å². The lowest BCUT2D eigenvalue weighted by atomic mass is 9.95. The Morgan fingerprint density at radius 3 is 2.62 bits per heavy atom. The van der Waals surface area contributed by atoms with Crippen LogP contribution < -0.4 is 0 Å². The van der Waals surface area contributed by atoms with Crippen LogP contribution in [-0.2, 0) is 9.59 Å². The minimum Gasteiger partial charge on any atom is -0.507 e. The molecule has 1 aliphatic rings. The van der Waals surface area contributed by atoms with Crippen molar-refractivity contribution in [2.24, 2.45) is 0 Å². The number of ketones is 1. The summed E-state index contributed by atoms with van der Waals surface area (Å²) in [5, 5.41) is 11.5. The number of rotatable bonds is 5. The molecule has 3 rings (SSSR count). The monoisotopic (exact) mass is 414 g/mol. The zero-order chi connectivity index (χ0) is 21.3. The highest BCUT2D eigenvalue weighted by Gasteiger charge is 2.46. The summed E-state index contributed by atoms with van der Waals surface area (Å²) < 4.78 is 0. The number of aromatic nitrogens is 2. The molecule has 1 N–H and O–H groups in total. The van der Waals surface area contributed by atoms with E-state index >= 15 is 0 Å². The van der Waals surface area contributed by atoms with Crippen molar-refractivity contribution in [3.8, 4) is 0 Å². The van der Waals surface area contributed by atoms with E-state index in [0.29, 0.717) is 40.8 Å².